The quantitative estimate of drug-likeness (QED) is 0.865. The summed E-state index contributed by atoms with van der Waals surface area (Å²) >= 11 is 0. The van der Waals surface area contributed by atoms with Gasteiger partial charge in [0.25, 0.3) is 0 Å². The SMILES string of the molecule is CC(C)(C)OC(=O)N1CCn2c(CN)ccc2C12CCC2. The van der Waals surface area contributed by atoms with Crippen molar-refractivity contribution in [2.24, 2.45) is 5.73 Å². The number of nitrogens with two attached hydrogens (primary N) is 1. The van der Waals surface area contributed by atoms with Gasteiger partial charge in [-0.25, -0.2) is 4.79 Å². The lowest BCUT2D eigenvalue weighted by Crippen LogP contribution is -2.59. The summed E-state index contributed by atoms with van der Waals surface area (Å²) in [5.41, 5.74) is 7.57. The molecule has 1 fully saturated rings. The van der Waals surface area contributed by atoms with Crippen LogP contribution in [0.5, 0.6) is 0 Å². The Hall–Kier alpha value is -1.49. The van der Waals surface area contributed by atoms with Crippen molar-refractivity contribution < 1.29 is 9.53 Å². The fourth-order valence-electron chi connectivity index (χ4n) is 3.53. The summed E-state index contributed by atoms with van der Waals surface area (Å²) in [5, 5.41) is 0. The molecule has 0 radical (unpaired) electrons. The monoisotopic (exact) mass is 291 g/mol. The van der Waals surface area contributed by atoms with Crippen molar-refractivity contribution in [2.45, 2.75) is 64.3 Å². The molecule has 21 heavy (non-hydrogen) atoms. The number of nitrogens with zero attached hydrogens (tertiary/aromatic N) is 2. The van der Waals surface area contributed by atoms with Crippen molar-refractivity contribution in [3.05, 3.63) is 23.5 Å². The number of hydrogen-bond acceptors (Lipinski definition) is 3. The van der Waals surface area contributed by atoms with Crippen LogP contribution in [0.1, 0.15) is 51.4 Å². The van der Waals surface area contributed by atoms with E-state index in [1.807, 2.05) is 25.7 Å². The number of amides is 1. The van der Waals surface area contributed by atoms with E-state index < -0.39 is 5.60 Å². The Morgan fingerprint density at radius 3 is 2.57 bits per heavy atom. The van der Waals surface area contributed by atoms with Gasteiger partial charge in [-0.1, -0.05) is 0 Å². The van der Waals surface area contributed by atoms with Gasteiger partial charge in [0.2, 0.25) is 0 Å². The van der Waals surface area contributed by atoms with Gasteiger partial charge in [-0.3, -0.25) is 4.90 Å². The van der Waals surface area contributed by atoms with Crippen LogP contribution in [-0.4, -0.2) is 27.7 Å². The van der Waals surface area contributed by atoms with E-state index in [1.165, 1.54) is 5.69 Å². The van der Waals surface area contributed by atoms with Crippen LogP contribution < -0.4 is 5.73 Å². The minimum Gasteiger partial charge on any atom is -0.444 e. The second-order valence-corrected chi connectivity index (χ2v) is 7.08. The van der Waals surface area contributed by atoms with E-state index in [4.69, 9.17) is 10.5 Å². The van der Waals surface area contributed by atoms with Crippen LogP contribution in [0.25, 0.3) is 0 Å². The number of aromatic nitrogens is 1. The zero-order valence-corrected chi connectivity index (χ0v) is 13.2. The van der Waals surface area contributed by atoms with Crippen molar-refractivity contribution in [3.63, 3.8) is 0 Å². The van der Waals surface area contributed by atoms with E-state index in [1.54, 1.807) is 0 Å². The van der Waals surface area contributed by atoms with Gasteiger partial charge in [-0.05, 0) is 52.2 Å². The van der Waals surface area contributed by atoms with E-state index in [9.17, 15) is 4.79 Å². The van der Waals surface area contributed by atoms with Gasteiger partial charge in [0.1, 0.15) is 5.60 Å². The van der Waals surface area contributed by atoms with Crippen LogP contribution in [0.3, 0.4) is 0 Å². The Kier molecular flexibility index (Phi) is 3.28. The Labute approximate surface area is 126 Å². The topological polar surface area (TPSA) is 60.5 Å². The van der Waals surface area contributed by atoms with Gasteiger partial charge in [-0.2, -0.15) is 0 Å². The molecule has 2 N–H and O–H groups in total. The number of hydrogen-bond donors (Lipinski definition) is 1. The minimum absolute atomic E-state index is 0.173. The van der Waals surface area contributed by atoms with Gasteiger partial charge in [-0.15, -0.1) is 0 Å². The summed E-state index contributed by atoms with van der Waals surface area (Å²) in [6.07, 6.45) is 2.99. The molecule has 1 aliphatic heterocycles. The smallest absolute Gasteiger partial charge is 0.411 e. The molecule has 5 heteroatoms. The maximum absolute atomic E-state index is 12.6. The van der Waals surface area contributed by atoms with E-state index in [0.29, 0.717) is 13.1 Å². The molecule has 0 unspecified atom stereocenters. The van der Waals surface area contributed by atoms with E-state index >= 15 is 0 Å². The van der Waals surface area contributed by atoms with Gasteiger partial charge >= 0.3 is 6.09 Å². The number of rotatable bonds is 1. The predicted molar refractivity (Wildman–Crippen MR) is 80.8 cm³/mol. The molecule has 1 aliphatic carbocycles. The molecule has 0 bridgehead atoms. The van der Waals surface area contributed by atoms with Crippen molar-refractivity contribution in [2.75, 3.05) is 6.54 Å². The first-order valence-corrected chi connectivity index (χ1v) is 7.77. The number of carbonyl (C=O) groups excluding carboxylic acids is 1. The van der Waals surface area contributed by atoms with Crippen molar-refractivity contribution in [1.82, 2.24) is 9.47 Å². The first kappa shape index (κ1) is 14.4. The van der Waals surface area contributed by atoms with Crippen LogP contribution in [-0.2, 0) is 23.4 Å². The van der Waals surface area contributed by atoms with E-state index in [2.05, 4.69) is 16.7 Å². The van der Waals surface area contributed by atoms with Crippen molar-refractivity contribution in [3.8, 4) is 0 Å². The van der Waals surface area contributed by atoms with Crippen LogP contribution in [0.2, 0.25) is 0 Å². The lowest BCUT2D eigenvalue weighted by atomic mass is 9.72. The molecule has 0 atom stereocenters. The summed E-state index contributed by atoms with van der Waals surface area (Å²) in [4.78, 5) is 14.5. The molecular weight excluding hydrogens is 266 g/mol. The summed E-state index contributed by atoms with van der Waals surface area (Å²) in [6, 6.07) is 4.23. The molecule has 1 amide bonds. The lowest BCUT2D eigenvalue weighted by molar-refractivity contribution is -0.0427. The van der Waals surface area contributed by atoms with Gasteiger partial charge < -0.3 is 15.0 Å². The second-order valence-electron chi connectivity index (χ2n) is 7.08. The largest absolute Gasteiger partial charge is 0.444 e. The van der Waals surface area contributed by atoms with Crippen molar-refractivity contribution >= 4 is 6.09 Å². The molecule has 116 valence electrons. The Morgan fingerprint density at radius 1 is 1.33 bits per heavy atom. The summed E-state index contributed by atoms with van der Waals surface area (Å²) in [6.45, 7) is 7.79. The zero-order chi connectivity index (χ0) is 15.3. The molecule has 3 rings (SSSR count). The molecule has 1 aromatic rings. The van der Waals surface area contributed by atoms with Crippen LogP contribution in [0.15, 0.2) is 12.1 Å². The van der Waals surface area contributed by atoms with E-state index in [-0.39, 0.29) is 11.6 Å². The maximum Gasteiger partial charge on any atom is 0.411 e. The average Bonchev–Trinajstić information content (AvgIpc) is 2.76. The molecule has 2 aliphatic rings. The number of ether oxygens (including phenoxy) is 1. The second kappa shape index (κ2) is 4.77. The lowest BCUT2D eigenvalue weighted by Gasteiger charge is -2.53. The molecule has 1 aromatic heterocycles. The van der Waals surface area contributed by atoms with Crippen LogP contribution >= 0.6 is 0 Å². The molecule has 1 spiro atoms. The summed E-state index contributed by atoms with van der Waals surface area (Å²) in [7, 11) is 0. The first-order chi connectivity index (χ1) is 9.87. The molecule has 1 saturated carbocycles. The van der Waals surface area contributed by atoms with Gasteiger partial charge in [0, 0.05) is 31.0 Å². The molecule has 0 aromatic carbocycles. The Morgan fingerprint density at radius 2 is 2.05 bits per heavy atom. The van der Waals surface area contributed by atoms with Crippen LogP contribution in [0, 0.1) is 0 Å². The fourth-order valence-corrected chi connectivity index (χ4v) is 3.53. The number of fused-ring (bicyclic) bond motifs is 2. The third-order valence-corrected chi connectivity index (χ3v) is 4.62. The first-order valence-electron chi connectivity index (χ1n) is 7.77. The zero-order valence-electron chi connectivity index (χ0n) is 13.2. The van der Waals surface area contributed by atoms with E-state index in [0.717, 1.165) is 31.5 Å². The normalized spacial score (nSPS) is 20.1. The van der Waals surface area contributed by atoms with Crippen molar-refractivity contribution in [1.29, 1.82) is 0 Å². The van der Waals surface area contributed by atoms with Gasteiger partial charge in [0.05, 0.1) is 5.54 Å². The molecular formula is C16H25N3O2. The average molecular weight is 291 g/mol. The highest BCUT2D eigenvalue weighted by Crippen LogP contribution is 2.49. The Bertz CT molecular complexity index is 552. The summed E-state index contributed by atoms with van der Waals surface area (Å²) < 4.78 is 7.90. The highest BCUT2D eigenvalue weighted by Gasteiger charge is 2.51. The fraction of sp³-hybridized carbons (Fsp3) is 0.688. The Balaban J connectivity index is 1.92. The highest BCUT2D eigenvalue weighted by atomic mass is 16.6. The maximum atomic E-state index is 12.6. The number of carbonyl (C=O) groups is 1. The molecule has 5 nitrogen and oxygen atoms in total. The highest BCUT2D eigenvalue weighted by molar-refractivity contribution is 5.70. The third kappa shape index (κ3) is 2.24. The predicted octanol–water partition coefficient (Wildman–Crippen LogP) is 2.58. The minimum atomic E-state index is -0.454. The third-order valence-electron chi connectivity index (χ3n) is 4.62. The summed E-state index contributed by atoms with van der Waals surface area (Å²) in [5.74, 6) is 0. The molecule has 2 heterocycles. The standard InChI is InChI=1S/C16H25N3O2/c1-15(2,3)21-14(20)19-10-9-18-12(11-17)5-6-13(18)16(19)7-4-8-16/h5-6H,4,7-11,17H2,1-3H3. The van der Waals surface area contributed by atoms with Crippen LogP contribution in [0.4, 0.5) is 4.79 Å². The van der Waals surface area contributed by atoms with Gasteiger partial charge in [0.15, 0.2) is 0 Å². The molecule has 0 saturated heterocycles.